The molecular weight excluding hydrogens is 345 g/mol. The quantitative estimate of drug-likeness (QED) is 0.884. The Bertz CT molecular complexity index is 692. The third-order valence-corrected chi connectivity index (χ3v) is 5.40. The second-order valence-electron chi connectivity index (χ2n) is 5.47. The van der Waals surface area contributed by atoms with Gasteiger partial charge >= 0.3 is 0 Å². The molecule has 1 aliphatic carbocycles. The summed E-state index contributed by atoms with van der Waals surface area (Å²) < 4.78 is 5.98. The van der Waals surface area contributed by atoms with Gasteiger partial charge < -0.3 is 9.84 Å². The Morgan fingerprint density at radius 1 is 1.36 bits per heavy atom. The van der Waals surface area contributed by atoms with Crippen molar-refractivity contribution in [2.24, 2.45) is 0 Å². The van der Waals surface area contributed by atoms with Crippen LogP contribution in [0.5, 0.6) is 0 Å². The lowest BCUT2D eigenvalue weighted by Gasteiger charge is -2.35. The van der Waals surface area contributed by atoms with Gasteiger partial charge in [0.2, 0.25) is 5.89 Å². The van der Waals surface area contributed by atoms with Crippen LogP contribution in [0.3, 0.4) is 0 Å². The summed E-state index contributed by atoms with van der Waals surface area (Å²) in [6.45, 7) is 1.74. The molecule has 1 N–H and O–H groups in total. The molecule has 1 aliphatic rings. The van der Waals surface area contributed by atoms with E-state index >= 15 is 0 Å². The summed E-state index contributed by atoms with van der Waals surface area (Å²) in [5, 5.41) is 7.10. The number of aromatic nitrogens is 2. The normalized spacial score (nSPS) is 17.4. The highest BCUT2D eigenvalue weighted by atomic mass is 35.5. The fourth-order valence-electron chi connectivity index (χ4n) is 2.83. The van der Waals surface area contributed by atoms with Gasteiger partial charge in [-0.2, -0.15) is 4.98 Å². The van der Waals surface area contributed by atoms with Gasteiger partial charge in [-0.25, -0.2) is 0 Å². The molecule has 0 unspecified atom stereocenters. The van der Waals surface area contributed by atoms with Crippen molar-refractivity contribution in [1.82, 2.24) is 15.5 Å². The van der Waals surface area contributed by atoms with Gasteiger partial charge in [-0.05, 0) is 18.9 Å². The lowest BCUT2D eigenvalue weighted by atomic mass is 9.81. The van der Waals surface area contributed by atoms with Crippen LogP contribution in [0.1, 0.15) is 54.2 Å². The predicted octanol–water partition coefficient (Wildman–Crippen LogP) is 4.34. The van der Waals surface area contributed by atoms with E-state index in [1.807, 2.05) is 0 Å². The van der Waals surface area contributed by atoms with E-state index in [-0.39, 0.29) is 5.91 Å². The molecule has 3 rings (SSSR count). The maximum atomic E-state index is 12.6. The smallest absolute Gasteiger partial charge is 0.254 e. The molecule has 0 spiro atoms. The average Bonchev–Trinajstić information content (AvgIpc) is 3.06. The van der Waals surface area contributed by atoms with Gasteiger partial charge in [0.05, 0.1) is 9.90 Å². The molecule has 0 aliphatic heterocycles. The van der Waals surface area contributed by atoms with E-state index in [9.17, 15) is 4.79 Å². The van der Waals surface area contributed by atoms with E-state index in [2.05, 4.69) is 15.5 Å². The van der Waals surface area contributed by atoms with E-state index in [1.165, 1.54) is 11.3 Å². The molecule has 0 bridgehead atoms. The number of hydrogen-bond acceptors (Lipinski definition) is 5. The first-order chi connectivity index (χ1) is 10.5. The zero-order valence-corrected chi connectivity index (χ0v) is 14.3. The number of aryl methyl sites for hydroxylation is 1. The lowest BCUT2D eigenvalue weighted by Crippen LogP contribution is -2.48. The number of hydrogen-bond donors (Lipinski definition) is 1. The largest absolute Gasteiger partial charge is 0.340 e. The van der Waals surface area contributed by atoms with Gasteiger partial charge in [0.1, 0.15) is 9.88 Å². The second kappa shape index (κ2) is 6.18. The molecule has 2 aromatic rings. The van der Waals surface area contributed by atoms with Crippen LogP contribution in [-0.4, -0.2) is 16.0 Å². The van der Waals surface area contributed by atoms with Gasteiger partial charge in [0, 0.05) is 6.92 Å². The number of amides is 1. The van der Waals surface area contributed by atoms with Crippen molar-refractivity contribution in [3.63, 3.8) is 0 Å². The highest BCUT2D eigenvalue weighted by Crippen LogP contribution is 2.37. The molecular formula is C14H15Cl2N3O2S. The molecule has 2 aromatic heterocycles. The number of nitrogens with one attached hydrogen (secondary N) is 1. The molecule has 118 valence electrons. The number of carbonyl (C=O) groups excluding carboxylic acids is 1. The summed E-state index contributed by atoms with van der Waals surface area (Å²) in [5.74, 6) is 0.777. The van der Waals surface area contributed by atoms with Crippen molar-refractivity contribution < 1.29 is 9.32 Å². The minimum Gasteiger partial charge on any atom is -0.340 e. The fourth-order valence-corrected chi connectivity index (χ4v) is 4.29. The van der Waals surface area contributed by atoms with Crippen molar-refractivity contribution >= 4 is 40.4 Å². The molecule has 22 heavy (non-hydrogen) atoms. The Balaban J connectivity index is 1.90. The molecule has 0 saturated heterocycles. The molecule has 1 amide bonds. The van der Waals surface area contributed by atoms with Crippen molar-refractivity contribution in [3.05, 3.63) is 32.0 Å². The van der Waals surface area contributed by atoms with Gasteiger partial charge in [-0.3, -0.25) is 4.79 Å². The Hall–Kier alpha value is -1.11. The van der Waals surface area contributed by atoms with Crippen LogP contribution in [-0.2, 0) is 5.54 Å². The molecule has 5 nitrogen and oxygen atoms in total. The Kier molecular flexibility index (Phi) is 4.43. The van der Waals surface area contributed by atoms with E-state index < -0.39 is 5.54 Å². The third kappa shape index (κ3) is 3.00. The lowest BCUT2D eigenvalue weighted by molar-refractivity contribution is 0.0856. The minimum atomic E-state index is -0.592. The first kappa shape index (κ1) is 15.8. The Morgan fingerprint density at radius 2 is 2.09 bits per heavy atom. The summed E-state index contributed by atoms with van der Waals surface area (Å²) in [7, 11) is 0. The number of carbonyl (C=O) groups is 1. The maximum absolute atomic E-state index is 12.6. The van der Waals surface area contributed by atoms with Crippen LogP contribution in [0.25, 0.3) is 0 Å². The van der Waals surface area contributed by atoms with Crippen LogP contribution in [0.15, 0.2) is 10.6 Å². The number of rotatable bonds is 3. The van der Waals surface area contributed by atoms with E-state index in [0.29, 0.717) is 26.0 Å². The summed E-state index contributed by atoms with van der Waals surface area (Å²) in [4.78, 5) is 16.9. The van der Waals surface area contributed by atoms with E-state index in [0.717, 1.165) is 32.1 Å². The fraction of sp³-hybridized carbons (Fsp3) is 0.500. The molecule has 8 heteroatoms. The molecule has 0 atom stereocenters. The van der Waals surface area contributed by atoms with Crippen LogP contribution in [0.4, 0.5) is 0 Å². The first-order valence-electron chi connectivity index (χ1n) is 7.08. The van der Waals surface area contributed by atoms with Crippen molar-refractivity contribution in [2.45, 2.75) is 44.6 Å². The highest BCUT2D eigenvalue weighted by molar-refractivity contribution is 7.20. The third-order valence-electron chi connectivity index (χ3n) is 3.92. The summed E-state index contributed by atoms with van der Waals surface area (Å²) in [6, 6.07) is 1.59. The molecule has 1 fully saturated rings. The minimum absolute atomic E-state index is 0.252. The van der Waals surface area contributed by atoms with Crippen molar-refractivity contribution in [3.8, 4) is 0 Å². The zero-order chi connectivity index (χ0) is 15.7. The van der Waals surface area contributed by atoms with Crippen molar-refractivity contribution in [1.29, 1.82) is 0 Å². The molecule has 2 heterocycles. The summed E-state index contributed by atoms with van der Waals surface area (Å²) >= 11 is 13.2. The van der Waals surface area contributed by atoms with Crippen LogP contribution < -0.4 is 5.32 Å². The van der Waals surface area contributed by atoms with Crippen LogP contribution >= 0.6 is 34.5 Å². The highest BCUT2D eigenvalue weighted by Gasteiger charge is 2.40. The molecule has 0 aromatic carbocycles. The maximum Gasteiger partial charge on any atom is 0.254 e. The van der Waals surface area contributed by atoms with Crippen LogP contribution in [0.2, 0.25) is 8.67 Å². The average molecular weight is 360 g/mol. The summed E-state index contributed by atoms with van der Waals surface area (Å²) in [5.41, 5.74) is -0.202. The van der Waals surface area contributed by atoms with Gasteiger partial charge in [0.15, 0.2) is 5.82 Å². The molecule has 0 radical (unpaired) electrons. The first-order valence-corrected chi connectivity index (χ1v) is 8.65. The van der Waals surface area contributed by atoms with Crippen LogP contribution in [0, 0.1) is 6.92 Å². The predicted molar refractivity (Wildman–Crippen MR) is 85.6 cm³/mol. The van der Waals surface area contributed by atoms with E-state index in [4.69, 9.17) is 27.7 Å². The standard InChI is InChI=1S/C14H15Cl2N3O2S/c1-8-17-13(19-21-8)14(5-3-2-4-6-14)18-12(20)9-7-10(15)22-11(9)16/h7H,2-6H2,1H3,(H,18,20). The molecule has 1 saturated carbocycles. The van der Waals surface area contributed by atoms with Gasteiger partial charge in [0.25, 0.3) is 5.91 Å². The monoisotopic (exact) mass is 359 g/mol. The van der Waals surface area contributed by atoms with E-state index in [1.54, 1.807) is 13.0 Å². The summed E-state index contributed by atoms with van der Waals surface area (Å²) in [6.07, 6.45) is 4.72. The van der Waals surface area contributed by atoms with Crippen molar-refractivity contribution in [2.75, 3.05) is 0 Å². The number of nitrogens with zero attached hydrogens (tertiary/aromatic N) is 2. The zero-order valence-electron chi connectivity index (χ0n) is 12.0. The Morgan fingerprint density at radius 3 is 2.64 bits per heavy atom. The topological polar surface area (TPSA) is 68.0 Å². The van der Waals surface area contributed by atoms with Gasteiger partial charge in [-0.15, -0.1) is 11.3 Å². The SMILES string of the molecule is Cc1nc(C2(NC(=O)c3cc(Cl)sc3Cl)CCCCC2)no1. The Labute approximate surface area is 142 Å². The number of thiophene rings is 1. The number of halogens is 2. The second-order valence-corrected chi connectivity index (χ2v) is 7.76. The van der Waals surface area contributed by atoms with Gasteiger partial charge in [-0.1, -0.05) is 47.6 Å².